The number of amides is 1. The zero-order chi connectivity index (χ0) is 18.1. The standard InChI is InChI=1S/C19H20FN5O/c1-2-8-23-13-15(12-18(23)26)24-10-7-21-19(24)16-11-14(20)4-5-17(16)25-9-3-6-22-25/h3-7,9-11,15H,2,8,12-13H2,1H3. The number of imidazole rings is 1. The summed E-state index contributed by atoms with van der Waals surface area (Å²) in [5.74, 6) is 0.467. The zero-order valence-electron chi connectivity index (χ0n) is 14.5. The Kier molecular flexibility index (Phi) is 4.28. The molecule has 1 atom stereocenters. The molecule has 26 heavy (non-hydrogen) atoms. The molecule has 6 nitrogen and oxygen atoms in total. The van der Waals surface area contributed by atoms with Gasteiger partial charge in [-0.15, -0.1) is 0 Å². The topological polar surface area (TPSA) is 56.0 Å². The van der Waals surface area contributed by atoms with Crippen LogP contribution in [0.5, 0.6) is 0 Å². The van der Waals surface area contributed by atoms with Crippen LogP contribution in [0.15, 0.2) is 49.1 Å². The third kappa shape index (κ3) is 2.89. The first-order chi connectivity index (χ1) is 12.7. The number of hydrogen-bond acceptors (Lipinski definition) is 3. The van der Waals surface area contributed by atoms with Crippen molar-refractivity contribution in [1.29, 1.82) is 0 Å². The van der Waals surface area contributed by atoms with Crippen LogP contribution >= 0.6 is 0 Å². The first kappa shape index (κ1) is 16.5. The number of nitrogens with zero attached hydrogens (tertiary/aromatic N) is 5. The molecule has 1 fully saturated rings. The average molecular weight is 353 g/mol. The van der Waals surface area contributed by atoms with Gasteiger partial charge in [0.15, 0.2) is 0 Å². The molecule has 7 heteroatoms. The van der Waals surface area contributed by atoms with Gasteiger partial charge in [-0.1, -0.05) is 6.92 Å². The summed E-state index contributed by atoms with van der Waals surface area (Å²) >= 11 is 0. The normalized spacial score (nSPS) is 17.2. The molecule has 4 rings (SSSR count). The van der Waals surface area contributed by atoms with Gasteiger partial charge in [0, 0.05) is 49.9 Å². The summed E-state index contributed by atoms with van der Waals surface area (Å²) in [7, 11) is 0. The van der Waals surface area contributed by atoms with Crippen molar-refractivity contribution >= 4 is 5.91 Å². The van der Waals surface area contributed by atoms with Crippen molar-refractivity contribution in [2.45, 2.75) is 25.8 Å². The molecule has 0 radical (unpaired) electrons. The molecule has 1 aliphatic heterocycles. The van der Waals surface area contributed by atoms with E-state index in [1.807, 2.05) is 27.9 Å². The number of aromatic nitrogens is 4. The lowest BCUT2D eigenvalue weighted by Crippen LogP contribution is -2.26. The highest BCUT2D eigenvalue weighted by Gasteiger charge is 2.31. The minimum absolute atomic E-state index is 0.000267. The van der Waals surface area contributed by atoms with Crippen LogP contribution in [0.2, 0.25) is 0 Å². The van der Waals surface area contributed by atoms with Crippen molar-refractivity contribution in [1.82, 2.24) is 24.2 Å². The Morgan fingerprint density at radius 3 is 2.92 bits per heavy atom. The Hall–Kier alpha value is -2.96. The van der Waals surface area contributed by atoms with Crippen molar-refractivity contribution in [3.63, 3.8) is 0 Å². The molecular weight excluding hydrogens is 333 g/mol. The maximum atomic E-state index is 14.0. The molecular formula is C19H20FN5O. The lowest BCUT2D eigenvalue weighted by Gasteiger charge is -2.18. The Balaban J connectivity index is 1.75. The molecule has 1 saturated heterocycles. The first-order valence-corrected chi connectivity index (χ1v) is 8.78. The van der Waals surface area contributed by atoms with Gasteiger partial charge in [0.1, 0.15) is 11.6 Å². The second-order valence-electron chi connectivity index (χ2n) is 6.47. The molecule has 1 unspecified atom stereocenters. The van der Waals surface area contributed by atoms with E-state index >= 15 is 0 Å². The molecule has 1 aromatic carbocycles. The minimum Gasteiger partial charge on any atom is -0.341 e. The summed E-state index contributed by atoms with van der Waals surface area (Å²) in [5.41, 5.74) is 1.40. The fraction of sp³-hybridized carbons (Fsp3) is 0.316. The fourth-order valence-corrected chi connectivity index (χ4v) is 3.54. The molecule has 1 amide bonds. The van der Waals surface area contributed by atoms with Gasteiger partial charge in [-0.25, -0.2) is 14.1 Å². The zero-order valence-corrected chi connectivity index (χ0v) is 14.5. The summed E-state index contributed by atoms with van der Waals surface area (Å²) in [6.45, 7) is 3.48. The summed E-state index contributed by atoms with van der Waals surface area (Å²) in [4.78, 5) is 18.6. The Labute approximate surface area is 150 Å². The van der Waals surface area contributed by atoms with E-state index in [-0.39, 0.29) is 17.8 Å². The highest BCUT2D eigenvalue weighted by Crippen LogP contribution is 2.31. The van der Waals surface area contributed by atoms with Crippen LogP contribution in [0, 0.1) is 5.82 Å². The number of carbonyl (C=O) groups is 1. The predicted octanol–water partition coefficient (Wildman–Crippen LogP) is 3.06. The van der Waals surface area contributed by atoms with E-state index in [4.69, 9.17) is 0 Å². The molecule has 3 heterocycles. The van der Waals surface area contributed by atoms with E-state index in [1.54, 1.807) is 23.1 Å². The summed E-state index contributed by atoms with van der Waals surface area (Å²) < 4.78 is 17.7. The molecule has 0 bridgehead atoms. The first-order valence-electron chi connectivity index (χ1n) is 8.78. The number of carbonyl (C=O) groups excluding carboxylic acids is 1. The molecule has 0 saturated carbocycles. The summed E-state index contributed by atoms with van der Waals surface area (Å²) in [6.07, 6.45) is 8.42. The average Bonchev–Trinajstić information content (AvgIpc) is 3.36. The van der Waals surface area contributed by atoms with Gasteiger partial charge in [0.05, 0.1) is 11.7 Å². The number of halogens is 1. The number of likely N-dealkylation sites (tertiary alicyclic amines) is 1. The van der Waals surface area contributed by atoms with Crippen molar-refractivity contribution in [2.24, 2.45) is 0 Å². The highest BCUT2D eigenvalue weighted by atomic mass is 19.1. The smallest absolute Gasteiger partial charge is 0.224 e. The SMILES string of the molecule is CCCN1CC(n2ccnc2-c2cc(F)ccc2-n2cccn2)CC1=O. The number of rotatable bonds is 5. The Morgan fingerprint density at radius 2 is 2.15 bits per heavy atom. The van der Waals surface area contributed by atoms with Gasteiger partial charge in [0.2, 0.25) is 5.91 Å². The quantitative estimate of drug-likeness (QED) is 0.708. The number of hydrogen-bond donors (Lipinski definition) is 0. The van der Waals surface area contributed by atoms with Gasteiger partial charge in [0.25, 0.3) is 0 Å². The molecule has 0 N–H and O–H groups in total. The number of benzene rings is 1. The van der Waals surface area contributed by atoms with Gasteiger partial charge in [-0.05, 0) is 30.7 Å². The molecule has 2 aromatic heterocycles. The van der Waals surface area contributed by atoms with Crippen LogP contribution in [0.3, 0.4) is 0 Å². The van der Waals surface area contributed by atoms with E-state index in [0.29, 0.717) is 24.4 Å². The van der Waals surface area contributed by atoms with E-state index in [1.165, 1.54) is 12.1 Å². The van der Waals surface area contributed by atoms with Crippen LogP contribution in [-0.4, -0.2) is 43.2 Å². The molecule has 3 aromatic rings. The van der Waals surface area contributed by atoms with Crippen molar-refractivity contribution in [3.8, 4) is 17.1 Å². The van der Waals surface area contributed by atoms with Gasteiger partial charge < -0.3 is 9.47 Å². The second-order valence-corrected chi connectivity index (χ2v) is 6.47. The van der Waals surface area contributed by atoms with E-state index in [9.17, 15) is 9.18 Å². The predicted molar refractivity (Wildman–Crippen MR) is 95.3 cm³/mol. The maximum absolute atomic E-state index is 14.0. The monoisotopic (exact) mass is 353 g/mol. The van der Waals surface area contributed by atoms with Crippen LogP contribution in [-0.2, 0) is 4.79 Å². The molecule has 1 aliphatic rings. The maximum Gasteiger partial charge on any atom is 0.224 e. The third-order valence-corrected chi connectivity index (χ3v) is 4.70. The summed E-state index contributed by atoms with van der Waals surface area (Å²) in [5, 5.41) is 4.26. The van der Waals surface area contributed by atoms with E-state index in [2.05, 4.69) is 17.0 Å². The second kappa shape index (κ2) is 6.74. The lowest BCUT2D eigenvalue weighted by atomic mass is 10.1. The molecule has 134 valence electrons. The third-order valence-electron chi connectivity index (χ3n) is 4.70. The van der Waals surface area contributed by atoms with Crippen LogP contribution in [0.4, 0.5) is 4.39 Å². The van der Waals surface area contributed by atoms with Crippen LogP contribution < -0.4 is 0 Å². The van der Waals surface area contributed by atoms with E-state index < -0.39 is 0 Å². The Bertz CT molecular complexity index is 918. The van der Waals surface area contributed by atoms with Gasteiger partial charge in [-0.2, -0.15) is 5.10 Å². The minimum atomic E-state index is -0.333. The lowest BCUT2D eigenvalue weighted by molar-refractivity contribution is -0.127. The molecule has 0 aliphatic carbocycles. The van der Waals surface area contributed by atoms with Crippen LogP contribution in [0.25, 0.3) is 17.1 Å². The molecule has 0 spiro atoms. The van der Waals surface area contributed by atoms with E-state index in [0.717, 1.165) is 18.7 Å². The van der Waals surface area contributed by atoms with Crippen molar-refractivity contribution in [3.05, 3.63) is 54.9 Å². The van der Waals surface area contributed by atoms with Gasteiger partial charge in [-0.3, -0.25) is 4.79 Å². The summed E-state index contributed by atoms with van der Waals surface area (Å²) in [6, 6.07) is 6.39. The van der Waals surface area contributed by atoms with Gasteiger partial charge >= 0.3 is 0 Å². The van der Waals surface area contributed by atoms with Crippen molar-refractivity contribution < 1.29 is 9.18 Å². The Morgan fingerprint density at radius 1 is 1.27 bits per heavy atom. The largest absolute Gasteiger partial charge is 0.341 e. The fourth-order valence-electron chi connectivity index (χ4n) is 3.54. The van der Waals surface area contributed by atoms with Crippen LogP contribution in [0.1, 0.15) is 25.8 Å². The van der Waals surface area contributed by atoms with Crippen molar-refractivity contribution in [2.75, 3.05) is 13.1 Å². The highest BCUT2D eigenvalue weighted by molar-refractivity contribution is 5.79.